The average molecular weight is 390 g/mol. The van der Waals surface area contributed by atoms with Crippen LogP contribution in [0.4, 0.5) is 17.2 Å². The number of nitrogens with two attached hydrogens (primary N) is 1. The first-order chi connectivity index (χ1) is 14.2. The molecule has 3 aromatic rings. The molecule has 8 nitrogen and oxygen atoms in total. The SMILES string of the molecule is COC/C=C\c1cnc(C(=O)Nc2cccc(CNc3cccnc3N)c2)cn1. The number of anilines is 3. The molecule has 0 aliphatic rings. The zero-order chi connectivity index (χ0) is 20.5. The zero-order valence-electron chi connectivity index (χ0n) is 16.0. The molecule has 2 aromatic heterocycles. The van der Waals surface area contributed by atoms with Crippen LogP contribution in [-0.2, 0) is 11.3 Å². The Hall–Kier alpha value is -3.78. The third-order valence-electron chi connectivity index (χ3n) is 3.96. The highest BCUT2D eigenvalue weighted by Gasteiger charge is 2.09. The van der Waals surface area contributed by atoms with Crippen molar-refractivity contribution >= 4 is 29.2 Å². The number of methoxy groups -OCH3 is 1. The number of hydrogen-bond donors (Lipinski definition) is 3. The van der Waals surface area contributed by atoms with Crippen molar-refractivity contribution in [2.24, 2.45) is 0 Å². The lowest BCUT2D eigenvalue weighted by Gasteiger charge is -2.10. The number of benzene rings is 1. The van der Waals surface area contributed by atoms with Crippen molar-refractivity contribution in [3.05, 3.63) is 78.0 Å². The zero-order valence-corrected chi connectivity index (χ0v) is 16.0. The molecule has 0 aliphatic carbocycles. The van der Waals surface area contributed by atoms with Gasteiger partial charge in [-0.05, 0) is 35.9 Å². The fourth-order valence-electron chi connectivity index (χ4n) is 2.52. The number of aromatic nitrogens is 3. The smallest absolute Gasteiger partial charge is 0.275 e. The van der Waals surface area contributed by atoms with Crippen molar-refractivity contribution in [3.8, 4) is 0 Å². The quantitative estimate of drug-likeness (QED) is 0.541. The van der Waals surface area contributed by atoms with Crippen molar-refractivity contribution in [1.82, 2.24) is 15.0 Å². The molecule has 0 bridgehead atoms. The molecule has 3 rings (SSSR count). The third-order valence-corrected chi connectivity index (χ3v) is 3.96. The number of amides is 1. The van der Waals surface area contributed by atoms with Gasteiger partial charge in [0.15, 0.2) is 0 Å². The van der Waals surface area contributed by atoms with E-state index in [1.54, 1.807) is 25.6 Å². The maximum atomic E-state index is 12.4. The predicted octanol–water partition coefficient (Wildman–Crippen LogP) is 2.98. The van der Waals surface area contributed by atoms with E-state index in [0.717, 1.165) is 11.3 Å². The molecule has 148 valence electrons. The highest BCUT2D eigenvalue weighted by molar-refractivity contribution is 6.02. The predicted molar refractivity (Wildman–Crippen MR) is 113 cm³/mol. The largest absolute Gasteiger partial charge is 0.382 e. The second kappa shape index (κ2) is 9.95. The van der Waals surface area contributed by atoms with E-state index in [-0.39, 0.29) is 11.6 Å². The van der Waals surface area contributed by atoms with Crippen molar-refractivity contribution in [3.63, 3.8) is 0 Å². The Morgan fingerprint density at radius 1 is 1.17 bits per heavy atom. The molecule has 0 atom stereocenters. The van der Waals surface area contributed by atoms with Crippen LogP contribution in [0.15, 0.2) is 61.1 Å². The molecule has 0 saturated heterocycles. The Labute approximate surface area is 168 Å². The summed E-state index contributed by atoms with van der Waals surface area (Å²) in [4.78, 5) is 24.8. The van der Waals surface area contributed by atoms with E-state index in [2.05, 4.69) is 25.6 Å². The second-order valence-corrected chi connectivity index (χ2v) is 6.13. The van der Waals surface area contributed by atoms with Crippen LogP contribution in [0.5, 0.6) is 0 Å². The first-order valence-corrected chi connectivity index (χ1v) is 8.98. The maximum Gasteiger partial charge on any atom is 0.275 e. The van der Waals surface area contributed by atoms with E-state index in [0.29, 0.717) is 30.4 Å². The molecular formula is C21H22N6O2. The normalized spacial score (nSPS) is 10.8. The minimum atomic E-state index is -0.327. The lowest BCUT2D eigenvalue weighted by molar-refractivity contribution is 0.102. The Morgan fingerprint density at radius 3 is 2.83 bits per heavy atom. The monoisotopic (exact) mass is 390 g/mol. The standard InChI is InChI=1S/C21H22N6O2/c1-29-10-4-7-17-13-26-19(14-24-17)21(28)27-16-6-2-5-15(11-16)12-25-18-8-3-9-23-20(18)22/h2-9,11,13-14,25H,10,12H2,1H3,(H2,22,23)(H,27,28)/b7-4-. The van der Waals surface area contributed by atoms with Crippen LogP contribution in [-0.4, -0.2) is 34.6 Å². The molecule has 0 aliphatic heterocycles. The molecule has 4 N–H and O–H groups in total. The number of nitrogen functional groups attached to an aromatic ring is 1. The van der Waals surface area contributed by atoms with E-state index in [4.69, 9.17) is 10.5 Å². The van der Waals surface area contributed by atoms with Gasteiger partial charge >= 0.3 is 0 Å². The molecule has 0 saturated carbocycles. The number of ether oxygens (including phenoxy) is 1. The summed E-state index contributed by atoms with van der Waals surface area (Å²) >= 11 is 0. The van der Waals surface area contributed by atoms with Gasteiger partial charge in [-0.3, -0.25) is 9.78 Å². The molecule has 1 amide bonds. The van der Waals surface area contributed by atoms with Gasteiger partial charge in [-0.25, -0.2) is 9.97 Å². The van der Waals surface area contributed by atoms with E-state index in [1.165, 1.54) is 6.20 Å². The van der Waals surface area contributed by atoms with Gasteiger partial charge in [-0.15, -0.1) is 0 Å². The Bertz CT molecular complexity index is 988. The lowest BCUT2D eigenvalue weighted by atomic mass is 10.2. The summed E-state index contributed by atoms with van der Waals surface area (Å²) in [6.07, 6.45) is 8.23. The third kappa shape index (κ3) is 5.85. The molecule has 2 heterocycles. The summed E-state index contributed by atoms with van der Waals surface area (Å²) in [7, 11) is 1.61. The van der Waals surface area contributed by atoms with Crippen LogP contribution in [0.1, 0.15) is 21.7 Å². The van der Waals surface area contributed by atoms with Gasteiger partial charge in [0.05, 0.1) is 30.4 Å². The molecule has 0 radical (unpaired) electrons. The minimum Gasteiger partial charge on any atom is -0.382 e. The summed E-state index contributed by atoms with van der Waals surface area (Å²) in [5.74, 6) is 0.113. The number of carbonyl (C=O) groups is 1. The van der Waals surface area contributed by atoms with Crippen LogP contribution in [0.25, 0.3) is 6.08 Å². The molecule has 29 heavy (non-hydrogen) atoms. The van der Waals surface area contributed by atoms with Crippen molar-refractivity contribution in [2.45, 2.75) is 6.54 Å². The van der Waals surface area contributed by atoms with E-state index in [1.807, 2.05) is 42.5 Å². The van der Waals surface area contributed by atoms with Gasteiger partial charge in [0.25, 0.3) is 5.91 Å². The van der Waals surface area contributed by atoms with Crippen molar-refractivity contribution < 1.29 is 9.53 Å². The highest BCUT2D eigenvalue weighted by Crippen LogP contribution is 2.17. The number of carbonyl (C=O) groups excluding carboxylic acids is 1. The highest BCUT2D eigenvalue weighted by atomic mass is 16.5. The van der Waals surface area contributed by atoms with Crippen molar-refractivity contribution in [1.29, 1.82) is 0 Å². The first kappa shape index (κ1) is 20.0. The second-order valence-electron chi connectivity index (χ2n) is 6.13. The average Bonchev–Trinajstić information content (AvgIpc) is 2.74. The van der Waals surface area contributed by atoms with Gasteiger partial charge in [-0.2, -0.15) is 0 Å². The van der Waals surface area contributed by atoms with E-state index >= 15 is 0 Å². The molecular weight excluding hydrogens is 368 g/mol. The topological polar surface area (TPSA) is 115 Å². The van der Waals surface area contributed by atoms with Crippen LogP contribution >= 0.6 is 0 Å². The Morgan fingerprint density at radius 2 is 2.07 bits per heavy atom. The van der Waals surface area contributed by atoms with Crippen LogP contribution in [0, 0.1) is 0 Å². The van der Waals surface area contributed by atoms with Crippen LogP contribution in [0.3, 0.4) is 0 Å². The number of pyridine rings is 1. The molecule has 1 aromatic carbocycles. The van der Waals surface area contributed by atoms with E-state index in [9.17, 15) is 4.79 Å². The minimum absolute atomic E-state index is 0.237. The lowest BCUT2D eigenvalue weighted by Crippen LogP contribution is -2.14. The first-order valence-electron chi connectivity index (χ1n) is 8.98. The van der Waals surface area contributed by atoms with Gasteiger partial charge in [-0.1, -0.05) is 18.2 Å². The van der Waals surface area contributed by atoms with Gasteiger partial charge in [0.2, 0.25) is 0 Å². The summed E-state index contributed by atoms with van der Waals surface area (Å²) in [6.45, 7) is 1.03. The van der Waals surface area contributed by atoms with Gasteiger partial charge in [0.1, 0.15) is 11.5 Å². The molecule has 0 fully saturated rings. The molecule has 0 unspecified atom stereocenters. The number of rotatable bonds is 8. The van der Waals surface area contributed by atoms with Gasteiger partial charge < -0.3 is 21.1 Å². The van der Waals surface area contributed by atoms with Crippen molar-refractivity contribution in [2.75, 3.05) is 30.1 Å². The van der Waals surface area contributed by atoms with Crippen LogP contribution < -0.4 is 16.4 Å². The Balaban J connectivity index is 1.60. The summed E-state index contributed by atoms with van der Waals surface area (Å²) < 4.78 is 4.94. The summed E-state index contributed by atoms with van der Waals surface area (Å²) in [6, 6.07) is 11.2. The Kier molecular flexibility index (Phi) is 6.85. The summed E-state index contributed by atoms with van der Waals surface area (Å²) in [5.41, 5.74) is 9.14. The molecule has 8 heteroatoms. The fraction of sp³-hybridized carbons (Fsp3) is 0.143. The number of nitrogens with zero attached hydrogens (tertiary/aromatic N) is 3. The van der Waals surface area contributed by atoms with Gasteiger partial charge in [0, 0.05) is 25.5 Å². The fourth-order valence-corrected chi connectivity index (χ4v) is 2.52. The number of nitrogens with one attached hydrogen (secondary N) is 2. The number of hydrogen-bond acceptors (Lipinski definition) is 7. The van der Waals surface area contributed by atoms with E-state index < -0.39 is 0 Å². The van der Waals surface area contributed by atoms with Crippen LogP contribution in [0.2, 0.25) is 0 Å². The summed E-state index contributed by atoms with van der Waals surface area (Å²) in [5, 5.41) is 6.07. The molecule has 0 spiro atoms. The maximum absolute atomic E-state index is 12.4.